The molecule has 3 aromatic carbocycles. The van der Waals surface area contributed by atoms with Gasteiger partial charge in [-0.05, 0) is 78.9 Å². The van der Waals surface area contributed by atoms with Crippen LogP contribution < -0.4 is 14.8 Å². The van der Waals surface area contributed by atoms with Crippen LogP contribution in [0.3, 0.4) is 0 Å². The van der Waals surface area contributed by atoms with Crippen LogP contribution >= 0.6 is 0 Å². The highest BCUT2D eigenvalue weighted by atomic mass is 16.5. The van der Waals surface area contributed by atoms with Gasteiger partial charge >= 0.3 is 5.97 Å². The summed E-state index contributed by atoms with van der Waals surface area (Å²) >= 11 is 0. The standard InChI is InChI=1S/C26H25NO5.2H2/c1-16-4-8-19(15-22(16)21-11-5-17(24(28)29)14-23(21)32-3)27-25(30)26(12-13-26)18-6-9-20(31-2)10-7-18;;/h4-11,14-15H,12-13H2,1-3H3,(H,27,30)(H,28,29);2*1H. The average Bonchev–Trinajstić information content (AvgIpc) is 3.62. The molecule has 0 atom stereocenters. The number of carboxylic acids is 1. The van der Waals surface area contributed by atoms with Gasteiger partial charge < -0.3 is 19.9 Å². The molecule has 6 heteroatoms. The fourth-order valence-corrected chi connectivity index (χ4v) is 3.97. The Morgan fingerprint density at radius 1 is 0.938 bits per heavy atom. The molecule has 1 aliphatic carbocycles. The molecule has 0 unspecified atom stereocenters. The summed E-state index contributed by atoms with van der Waals surface area (Å²) in [7, 11) is 3.13. The Kier molecular flexibility index (Phi) is 5.61. The molecule has 2 N–H and O–H groups in total. The first-order valence-corrected chi connectivity index (χ1v) is 10.4. The highest BCUT2D eigenvalue weighted by molar-refractivity contribution is 6.02. The smallest absolute Gasteiger partial charge is 0.335 e. The summed E-state index contributed by atoms with van der Waals surface area (Å²) in [5, 5.41) is 12.3. The molecule has 6 nitrogen and oxygen atoms in total. The normalized spacial score (nSPS) is 13.8. The number of nitrogens with one attached hydrogen (secondary N) is 1. The minimum absolute atomic E-state index is 0. The monoisotopic (exact) mass is 435 g/mol. The molecule has 0 bridgehead atoms. The second-order valence-corrected chi connectivity index (χ2v) is 8.01. The van der Waals surface area contributed by atoms with Crippen LogP contribution in [-0.2, 0) is 10.2 Å². The van der Waals surface area contributed by atoms with Crippen LogP contribution in [0.5, 0.6) is 11.5 Å². The van der Waals surface area contributed by atoms with Gasteiger partial charge in [0.2, 0.25) is 5.91 Å². The maximum Gasteiger partial charge on any atom is 0.335 e. The summed E-state index contributed by atoms with van der Waals surface area (Å²) in [5.41, 5.74) is 3.92. The van der Waals surface area contributed by atoms with Crippen molar-refractivity contribution in [2.75, 3.05) is 19.5 Å². The molecule has 0 saturated heterocycles. The number of carbonyl (C=O) groups excluding carboxylic acids is 1. The van der Waals surface area contributed by atoms with Crippen molar-refractivity contribution in [3.8, 4) is 22.6 Å². The SMILES string of the molecule is COc1ccc(C2(C(=O)Nc3ccc(C)c(-c4ccc(C(=O)O)cc4OC)c3)CC2)cc1.[HH].[HH]. The zero-order valence-corrected chi connectivity index (χ0v) is 18.3. The van der Waals surface area contributed by atoms with Crippen LogP contribution in [-0.4, -0.2) is 31.2 Å². The first-order chi connectivity index (χ1) is 15.4. The summed E-state index contributed by atoms with van der Waals surface area (Å²) in [6, 6.07) is 18.1. The molecule has 168 valence electrons. The number of hydrogen-bond acceptors (Lipinski definition) is 4. The molecule has 1 fully saturated rings. The second-order valence-electron chi connectivity index (χ2n) is 8.01. The van der Waals surface area contributed by atoms with Crippen LogP contribution in [0.4, 0.5) is 5.69 Å². The summed E-state index contributed by atoms with van der Waals surface area (Å²) < 4.78 is 10.7. The third kappa shape index (κ3) is 3.91. The summed E-state index contributed by atoms with van der Waals surface area (Å²) in [6.07, 6.45) is 1.60. The Balaban J connectivity index is 0.00000204. The lowest BCUT2D eigenvalue weighted by Crippen LogP contribution is -2.27. The van der Waals surface area contributed by atoms with Crippen molar-refractivity contribution in [1.29, 1.82) is 0 Å². The molecule has 3 aromatic rings. The number of carbonyl (C=O) groups is 2. The van der Waals surface area contributed by atoms with Crippen LogP contribution in [0, 0.1) is 6.92 Å². The number of amides is 1. The van der Waals surface area contributed by atoms with E-state index in [1.54, 1.807) is 19.2 Å². The van der Waals surface area contributed by atoms with Crippen molar-refractivity contribution in [3.63, 3.8) is 0 Å². The van der Waals surface area contributed by atoms with Gasteiger partial charge in [-0.15, -0.1) is 0 Å². The van der Waals surface area contributed by atoms with Gasteiger partial charge in [0, 0.05) is 14.1 Å². The number of rotatable bonds is 7. The Morgan fingerprint density at radius 2 is 1.66 bits per heavy atom. The molecule has 32 heavy (non-hydrogen) atoms. The third-order valence-corrected chi connectivity index (χ3v) is 6.06. The fraction of sp³-hybridized carbons (Fsp3) is 0.231. The Morgan fingerprint density at radius 3 is 2.25 bits per heavy atom. The molecule has 0 aromatic heterocycles. The van der Waals surface area contributed by atoms with Crippen LogP contribution in [0.2, 0.25) is 0 Å². The molecule has 0 heterocycles. The van der Waals surface area contributed by atoms with E-state index in [-0.39, 0.29) is 14.3 Å². The minimum Gasteiger partial charge on any atom is -0.497 e. The van der Waals surface area contributed by atoms with E-state index >= 15 is 0 Å². The van der Waals surface area contributed by atoms with E-state index in [0.717, 1.165) is 40.8 Å². The first kappa shape index (κ1) is 21.4. The lowest BCUT2D eigenvalue weighted by molar-refractivity contribution is -0.118. The lowest BCUT2D eigenvalue weighted by Gasteiger charge is -2.18. The molecular weight excluding hydrogens is 406 g/mol. The van der Waals surface area contributed by atoms with Crippen molar-refractivity contribution in [1.82, 2.24) is 0 Å². The molecular formula is C26H29NO5. The molecule has 1 saturated carbocycles. The summed E-state index contributed by atoms with van der Waals surface area (Å²) in [6.45, 7) is 1.96. The predicted molar refractivity (Wildman–Crippen MR) is 127 cm³/mol. The molecule has 1 aliphatic rings. The highest BCUT2D eigenvalue weighted by Gasteiger charge is 2.51. The van der Waals surface area contributed by atoms with Gasteiger partial charge in [-0.2, -0.15) is 0 Å². The zero-order chi connectivity index (χ0) is 22.9. The molecule has 0 aliphatic heterocycles. The second kappa shape index (κ2) is 8.38. The van der Waals surface area contributed by atoms with Gasteiger partial charge in [-0.3, -0.25) is 4.79 Å². The van der Waals surface area contributed by atoms with Gasteiger partial charge in [0.25, 0.3) is 0 Å². The number of benzene rings is 3. The first-order valence-electron chi connectivity index (χ1n) is 10.4. The van der Waals surface area contributed by atoms with E-state index in [1.165, 1.54) is 13.2 Å². The van der Waals surface area contributed by atoms with E-state index in [0.29, 0.717) is 11.4 Å². The Labute approximate surface area is 189 Å². The van der Waals surface area contributed by atoms with Gasteiger partial charge in [0.05, 0.1) is 25.2 Å². The van der Waals surface area contributed by atoms with Crippen LogP contribution in [0.15, 0.2) is 60.7 Å². The fourth-order valence-electron chi connectivity index (χ4n) is 3.97. The quantitative estimate of drug-likeness (QED) is 0.509. The number of aryl methyl sites for hydroxylation is 1. The van der Waals surface area contributed by atoms with E-state index in [1.807, 2.05) is 49.4 Å². The minimum atomic E-state index is -1.01. The zero-order valence-electron chi connectivity index (χ0n) is 18.3. The highest BCUT2D eigenvalue weighted by Crippen LogP contribution is 2.49. The van der Waals surface area contributed by atoms with E-state index < -0.39 is 11.4 Å². The number of methoxy groups -OCH3 is 2. The molecule has 0 spiro atoms. The predicted octanol–water partition coefficient (Wildman–Crippen LogP) is 5.54. The Bertz CT molecular complexity index is 1190. The number of hydrogen-bond donors (Lipinski definition) is 2. The number of carboxylic acid groups (broad SMARTS) is 1. The topological polar surface area (TPSA) is 84.9 Å². The average molecular weight is 436 g/mol. The maximum absolute atomic E-state index is 13.2. The van der Waals surface area contributed by atoms with Gasteiger partial charge in [-0.25, -0.2) is 4.79 Å². The van der Waals surface area contributed by atoms with Gasteiger partial charge in [-0.1, -0.05) is 18.2 Å². The summed E-state index contributed by atoms with van der Waals surface area (Å²) in [4.78, 5) is 24.5. The van der Waals surface area contributed by atoms with Crippen molar-refractivity contribution in [3.05, 3.63) is 77.4 Å². The van der Waals surface area contributed by atoms with Crippen molar-refractivity contribution < 1.29 is 27.0 Å². The number of aromatic carboxylic acids is 1. The molecule has 4 rings (SSSR count). The van der Waals surface area contributed by atoms with Crippen molar-refractivity contribution in [2.24, 2.45) is 0 Å². The Hall–Kier alpha value is -3.80. The van der Waals surface area contributed by atoms with Crippen molar-refractivity contribution in [2.45, 2.75) is 25.2 Å². The molecule has 0 radical (unpaired) electrons. The van der Waals surface area contributed by atoms with E-state index in [2.05, 4.69) is 5.32 Å². The number of ether oxygens (including phenoxy) is 2. The molecule has 1 amide bonds. The van der Waals surface area contributed by atoms with E-state index in [4.69, 9.17) is 9.47 Å². The largest absolute Gasteiger partial charge is 0.497 e. The van der Waals surface area contributed by atoms with Crippen LogP contribution in [0.25, 0.3) is 11.1 Å². The number of anilines is 1. The van der Waals surface area contributed by atoms with Gasteiger partial charge in [0.1, 0.15) is 11.5 Å². The maximum atomic E-state index is 13.2. The lowest BCUT2D eigenvalue weighted by atomic mass is 9.94. The van der Waals surface area contributed by atoms with Gasteiger partial charge in [0.15, 0.2) is 0 Å². The van der Waals surface area contributed by atoms with E-state index in [9.17, 15) is 14.7 Å². The van der Waals surface area contributed by atoms with Crippen LogP contribution in [0.1, 0.15) is 37.2 Å². The third-order valence-electron chi connectivity index (χ3n) is 6.06. The van der Waals surface area contributed by atoms with Crippen molar-refractivity contribution >= 4 is 17.6 Å². The summed E-state index contributed by atoms with van der Waals surface area (Å²) in [5.74, 6) is 0.177.